The Morgan fingerprint density at radius 1 is 1.35 bits per heavy atom. The molecule has 2 aliphatic rings. The number of benzene rings is 1. The lowest BCUT2D eigenvalue weighted by atomic mass is 9.88. The summed E-state index contributed by atoms with van der Waals surface area (Å²) in [6.45, 7) is 0. The third kappa shape index (κ3) is 2.50. The van der Waals surface area contributed by atoms with E-state index in [1.54, 1.807) is 12.1 Å². The summed E-state index contributed by atoms with van der Waals surface area (Å²) >= 11 is 0. The monoisotopic (exact) mass is 273 g/mol. The van der Waals surface area contributed by atoms with Gasteiger partial charge in [-0.15, -0.1) is 0 Å². The molecule has 0 radical (unpaired) electrons. The van der Waals surface area contributed by atoms with Gasteiger partial charge in [0.25, 0.3) is 0 Å². The van der Waals surface area contributed by atoms with E-state index in [0.29, 0.717) is 11.5 Å². The van der Waals surface area contributed by atoms with Crippen molar-refractivity contribution in [3.05, 3.63) is 35.4 Å². The van der Waals surface area contributed by atoms with Crippen LogP contribution >= 0.6 is 0 Å². The molecular weight excluding hydrogens is 254 g/mol. The van der Waals surface area contributed by atoms with E-state index in [4.69, 9.17) is 9.57 Å². The van der Waals surface area contributed by atoms with Gasteiger partial charge >= 0.3 is 5.97 Å². The van der Waals surface area contributed by atoms with E-state index in [9.17, 15) is 4.79 Å². The summed E-state index contributed by atoms with van der Waals surface area (Å²) in [5.41, 5.74) is 5.42. The van der Waals surface area contributed by atoms with E-state index < -0.39 is 0 Å². The van der Waals surface area contributed by atoms with Crippen molar-refractivity contribution in [2.75, 3.05) is 7.11 Å². The lowest BCUT2D eigenvalue weighted by molar-refractivity contribution is 0.0600. The van der Waals surface area contributed by atoms with Crippen LogP contribution in [0.2, 0.25) is 0 Å². The molecule has 0 bridgehead atoms. The Balaban J connectivity index is 1.87. The maximum Gasteiger partial charge on any atom is 0.337 e. The van der Waals surface area contributed by atoms with E-state index in [-0.39, 0.29) is 5.97 Å². The lowest BCUT2D eigenvalue weighted by Crippen LogP contribution is -2.11. The third-order valence-electron chi connectivity index (χ3n) is 4.01. The van der Waals surface area contributed by atoms with Gasteiger partial charge < -0.3 is 9.57 Å². The van der Waals surface area contributed by atoms with Gasteiger partial charge in [0.15, 0.2) is 5.75 Å². The van der Waals surface area contributed by atoms with Gasteiger partial charge in [0.2, 0.25) is 0 Å². The standard InChI is InChI=1S/C16H19NO3/c1-19-16(18)12-7-8-15-13(10-12)14(17-20-15)9-11-5-3-2-4-6-11/h7-11,17H,2-6H2,1H3. The molecule has 0 amide bonds. The Kier molecular flexibility index (Phi) is 3.63. The fourth-order valence-electron chi connectivity index (χ4n) is 2.90. The first kappa shape index (κ1) is 13.0. The first-order valence-electron chi connectivity index (χ1n) is 7.15. The number of hydroxylamine groups is 1. The van der Waals surface area contributed by atoms with Crippen molar-refractivity contribution in [3.63, 3.8) is 0 Å². The molecule has 4 heteroatoms. The molecule has 0 spiro atoms. The molecule has 0 saturated heterocycles. The Morgan fingerprint density at radius 2 is 2.15 bits per heavy atom. The predicted molar refractivity (Wildman–Crippen MR) is 76.1 cm³/mol. The highest BCUT2D eigenvalue weighted by molar-refractivity contribution is 5.91. The second-order valence-electron chi connectivity index (χ2n) is 5.39. The molecule has 1 aromatic carbocycles. The third-order valence-corrected chi connectivity index (χ3v) is 4.01. The number of ether oxygens (including phenoxy) is 1. The number of hydrogen-bond acceptors (Lipinski definition) is 4. The average molecular weight is 273 g/mol. The number of carbonyl (C=O) groups is 1. The molecule has 4 nitrogen and oxygen atoms in total. The smallest absolute Gasteiger partial charge is 0.337 e. The number of methoxy groups -OCH3 is 1. The number of rotatable bonds is 2. The zero-order valence-electron chi connectivity index (χ0n) is 11.6. The first-order chi connectivity index (χ1) is 9.78. The number of esters is 1. The molecule has 1 aromatic rings. The number of hydrogen-bond donors (Lipinski definition) is 1. The summed E-state index contributed by atoms with van der Waals surface area (Å²) < 4.78 is 4.76. The Labute approximate surface area is 118 Å². The zero-order valence-corrected chi connectivity index (χ0v) is 11.6. The molecule has 1 N–H and O–H groups in total. The Morgan fingerprint density at radius 3 is 2.90 bits per heavy atom. The highest BCUT2D eigenvalue weighted by atomic mass is 16.7. The topological polar surface area (TPSA) is 47.6 Å². The van der Waals surface area contributed by atoms with E-state index in [1.165, 1.54) is 39.2 Å². The molecule has 0 atom stereocenters. The highest BCUT2D eigenvalue weighted by Crippen LogP contribution is 2.34. The van der Waals surface area contributed by atoms with Crippen molar-refractivity contribution in [1.29, 1.82) is 0 Å². The Bertz CT molecular complexity index is 545. The van der Waals surface area contributed by atoms with Gasteiger partial charge in [-0.3, -0.25) is 0 Å². The molecule has 1 aliphatic carbocycles. The minimum Gasteiger partial charge on any atom is -0.465 e. The van der Waals surface area contributed by atoms with Crippen LogP contribution in [0.1, 0.15) is 48.0 Å². The van der Waals surface area contributed by atoms with Crippen LogP contribution in [0.5, 0.6) is 5.75 Å². The van der Waals surface area contributed by atoms with Crippen LogP contribution in [0.3, 0.4) is 0 Å². The second kappa shape index (κ2) is 5.57. The number of allylic oxidation sites excluding steroid dienone is 1. The quantitative estimate of drug-likeness (QED) is 0.840. The summed E-state index contributed by atoms with van der Waals surface area (Å²) in [5, 5.41) is 0. The van der Waals surface area contributed by atoms with E-state index in [1.807, 2.05) is 6.07 Å². The van der Waals surface area contributed by atoms with Crippen LogP contribution in [-0.4, -0.2) is 13.1 Å². The van der Waals surface area contributed by atoms with Crippen molar-refractivity contribution in [3.8, 4) is 5.75 Å². The van der Waals surface area contributed by atoms with Gasteiger partial charge in [0.05, 0.1) is 18.4 Å². The minimum atomic E-state index is -0.322. The fraction of sp³-hybridized carbons (Fsp3) is 0.438. The molecule has 0 unspecified atom stereocenters. The van der Waals surface area contributed by atoms with Crippen molar-refractivity contribution < 1.29 is 14.4 Å². The molecule has 20 heavy (non-hydrogen) atoms. The number of carbonyl (C=O) groups excluding carboxylic acids is 1. The highest BCUT2D eigenvalue weighted by Gasteiger charge is 2.22. The maximum absolute atomic E-state index is 11.6. The summed E-state index contributed by atoms with van der Waals surface area (Å²) in [6.07, 6.45) is 8.64. The van der Waals surface area contributed by atoms with Gasteiger partial charge in [-0.2, -0.15) is 0 Å². The van der Waals surface area contributed by atoms with E-state index in [0.717, 1.165) is 17.0 Å². The van der Waals surface area contributed by atoms with Gasteiger partial charge in [0, 0.05) is 5.56 Å². The van der Waals surface area contributed by atoms with Crippen molar-refractivity contribution in [2.24, 2.45) is 5.92 Å². The first-order valence-corrected chi connectivity index (χ1v) is 7.15. The van der Waals surface area contributed by atoms with Crippen LogP contribution in [0, 0.1) is 5.92 Å². The molecule has 1 fully saturated rings. The number of nitrogens with one attached hydrogen (secondary N) is 1. The Hall–Kier alpha value is -1.97. The SMILES string of the molecule is COC(=O)c1ccc2c(c1)C(=CC1CCCCC1)NO2. The van der Waals surface area contributed by atoms with Crippen LogP contribution in [0.25, 0.3) is 5.70 Å². The lowest BCUT2D eigenvalue weighted by Gasteiger charge is -2.18. The van der Waals surface area contributed by atoms with Crippen molar-refractivity contribution in [1.82, 2.24) is 5.48 Å². The molecule has 1 aliphatic heterocycles. The fourth-order valence-corrected chi connectivity index (χ4v) is 2.90. The largest absolute Gasteiger partial charge is 0.465 e. The normalized spacial score (nSPS) is 20.1. The molecule has 1 heterocycles. The predicted octanol–water partition coefficient (Wildman–Crippen LogP) is 3.29. The van der Waals surface area contributed by atoms with Crippen LogP contribution in [0.4, 0.5) is 0 Å². The van der Waals surface area contributed by atoms with Crippen molar-refractivity contribution >= 4 is 11.7 Å². The molecule has 1 saturated carbocycles. The zero-order chi connectivity index (χ0) is 13.9. The van der Waals surface area contributed by atoms with Crippen LogP contribution < -0.4 is 10.3 Å². The molecule has 0 aromatic heterocycles. The van der Waals surface area contributed by atoms with Gasteiger partial charge in [0.1, 0.15) is 0 Å². The van der Waals surface area contributed by atoms with E-state index >= 15 is 0 Å². The van der Waals surface area contributed by atoms with Gasteiger partial charge in [-0.05, 0) is 37.0 Å². The van der Waals surface area contributed by atoms with E-state index in [2.05, 4.69) is 11.6 Å². The molecule has 3 rings (SSSR count). The minimum absolute atomic E-state index is 0.322. The van der Waals surface area contributed by atoms with Gasteiger partial charge in [-0.25, -0.2) is 10.3 Å². The number of fused-ring (bicyclic) bond motifs is 1. The van der Waals surface area contributed by atoms with Crippen LogP contribution in [0.15, 0.2) is 24.3 Å². The molecule has 106 valence electrons. The van der Waals surface area contributed by atoms with Crippen molar-refractivity contribution in [2.45, 2.75) is 32.1 Å². The average Bonchev–Trinajstić information content (AvgIpc) is 2.90. The summed E-state index contributed by atoms with van der Waals surface area (Å²) in [4.78, 5) is 17.1. The van der Waals surface area contributed by atoms with Crippen LogP contribution in [-0.2, 0) is 4.74 Å². The second-order valence-corrected chi connectivity index (χ2v) is 5.39. The summed E-state index contributed by atoms with van der Waals surface area (Å²) in [5.74, 6) is 1.04. The maximum atomic E-state index is 11.6. The summed E-state index contributed by atoms with van der Waals surface area (Å²) in [7, 11) is 1.39. The summed E-state index contributed by atoms with van der Waals surface area (Å²) in [6, 6.07) is 5.35. The van der Waals surface area contributed by atoms with Gasteiger partial charge in [-0.1, -0.05) is 25.3 Å². The molecular formula is C16H19NO3.